The molecule has 2 heterocycles. The molecule has 0 unspecified atom stereocenters. The van der Waals surface area contributed by atoms with Gasteiger partial charge in [0, 0.05) is 51.9 Å². The second-order valence-electron chi connectivity index (χ2n) is 7.68. The third kappa shape index (κ3) is 3.79. The molecule has 0 bridgehead atoms. The van der Waals surface area contributed by atoms with Crippen molar-refractivity contribution in [3.8, 4) is 5.75 Å². The van der Waals surface area contributed by atoms with Crippen molar-refractivity contribution in [2.24, 2.45) is 0 Å². The molecule has 0 spiro atoms. The van der Waals surface area contributed by atoms with E-state index < -0.39 is 0 Å². The Morgan fingerprint density at radius 3 is 2.90 bits per heavy atom. The number of aromatic amines is 1. The first-order valence-corrected chi connectivity index (χ1v) is 10.3. The highest BCUT2D eigenvalue weighted by atomic mass is 16.5. The van der Waals surface area contributed by atoms with Crippen LogP contribution in [0.4, 0.5) is 5.69 Å². The summed E-state index contributed by atoms with van der Waals surface area (Å²) in [5.74, 6) is 0.582. The molecule has 0 fully saturated rings. The van der Waals surface area contributed by atoms with Crippen LogP contribution in [0.25, 0.3) is 10.9 Å². The maximum absolute atomic E-state index is 12.9. The van der Waals surface area contributed by atoms with Crippen LogP contribution in [0, 0.1) is 0 Å². The second-order valence-corrected chi connectivity index (χ2v) is 7.68. The largest absolute Gasteiger partial charge is 0.489 e. The average molecular weight is 397 g/mol. The van der Waals surface area contributed by atoms with E-state index in [0.29, 0.717) is 23.6 Å². The van der Waals surface area contributed by atoms with Crippen LogP contribution in [0.1, 0.15) is 40.0 Å². The lowest BCUT2D eigenvalue weighted by molar-refractivity contribution is 0.102. The van der Waals surface area contributed by atoms with Crippen LogP contribution < -0.4 is 10.1 Å². The number of fused-ring (bicyclic) bond motifs is 3. The van der Waals surface area contributed by atoms with Crippen molar-refractivity contribution >= 4 is 22.5 Å². The molecule has 2 aromatic heterocycles. The maximum Gasteiger partial charge on any atom is 0.255 e. The predicted octanol–water partition coefficient (Wildman–Crippen LogP) is 5.27. The molecule has 5 rings (SSSR count). The Labute approximate surface area is 175 Å². The molecular weight excluding hydrogens is 374 g/mol. The standard InChI is InChI=1S/C25H23N3O2/c29-25(18-10-11-24-22(13-18)21-8-1-2-9-23(21)28-24)27-19-6-3-7-20(14-19)30-16-17-5-4-12-26-15-17/h3-7,10-15,28H,1-2,8-9,16H2,(H,27,29). The van der Waals surface area contributed by atoms with Gasteiger partial charge < -0.3 is 15.0 Å². The number of ether oxygens (including phenoxy) is 1. The number of benzene rings is 2. The number of pyridine rings is 1. The quantitative estimate of drug-likeness (QED) is 0.482. The Balaban J connectivity index is 1.31. The van der Waals surface area contributed by atoms with Gasteiger partial charge >= 0.3 is 0 Å². The zero-order valence-electron chi connectivity index (χ0n) is 16.7. The van der Waals surface area contributed by atoms with Gasteiger partial charge in [-0.15, -0.1) is 0 Å². The zero-order valence-corrected chi connectivity index (χ0v) is 16.7. The zero-order chi connectivity index (χ0) is 20.3. The SMILES string of the molecule is O=C(Nc1cccc(OCc2cccnc2)c1)c1ccc2[nH]c3c(c2c1)CCCC3. The van der Waals surface area contributed by atoms with Crippen LogP contribution in [0.2, 0.25) is 0 Å². The lowest BCUT2D eigenvalue weighted by Gasteiger charge is -2.11. The minimum absolute atomic E-state index is 0.118. The Bertz CT molecular complexity index is 1200. The molecule has 1 aliphatic rings. The summed E-state index contributed by atoms with van der Waals surface area (Å²) in [6, 6.07) is 17.2. The number of nitrogens with zero attached hydrogens (tertiary/aromatic N) is 1. The summed E-state index contributed by atoms with van der Waals surface area (Å²) in [6.45, 7) is 0.431. The van der Waals surface area contributed by atoms with Crippen molar-refractivity contribution in [1.29, 1.82) is 0 Å². The summed E-state index contributed by atoms with van der Waals surface area (Å²) in [5.41, 5.74) is 6.18. The van der Waals surface area contributed by atoms with E-state index >= 15 is 0 Å². The third-order valence-corrected chi connectivity index (χ3v) is 5.58. The number of amides is 1. The first-order valence-electron chi connectivity index (χ1n) is 10.3. The molecule has 2 aromatic carbocycles. The van der Waals surface area contributed by atoms with Crippen molar-refractivity contribution in [2.45, 2.75) is 32.3 Å². The number of nitrogens with one attached hydrogen (secondary N) is 2. The van der Waals surface area contributed by atoms with Gasteiger partial charge in [0.05, 0.1) is 0 Å². The van der Waals surface area contributed by atoms with E-state index in [2.05, 4.69) is 15.3 Å². The minimum Gasteiger partial charge on any atom is -0.489 e. The molecule has 1 aliphatic carbocycles. The summed E-state index contributed by atoms with van der Waals surface area (Å²) < 4.78 is 5.83. The lowest BCUT2D eigenvalue weighted by Crippen LogP contribution is -2.12. The molecule has 0 saturated heterocycles. The molecule has 1 amide bonds. The highest BCUT2D eigenvalue weighted by molar-refractivity contribution is 6.06. The van der Waals surface area contributed by atoms with Crippen LogP contribution in [0.5, 0.6) is 5.75 Å². The van der Waals surface area contributed by atoms with Gasteiger partial charge in [-0.05, 0) is 67.6 Å². The fourth-order valence-corrected chi connectivity index (χ4v) is 4.06. The highest BCUT2D eigenvalue weighted by Crippen LogP contribution is 2.30. The molecule has 0 atom stereocenters. The van der Waals surface area contributed by atoms with Gasteiger partial charge in [-0.3, -0.25) is 9.78 Å². The smallest absolute Gasteiger partial charge is 0.255 e. The summed E-state index contributed by atoms with van der Waals surface area (Å²) in [6.07, 6.45) is 8.13. The summed E-state index contributed by atoms with van der Waals surface area (Å²) >= 11 is 0. The van der Waals surface area contributed by atoms with Crippen LogP contribution in [0.3, 0.4) is 0 Å². The molecule has 5 heteroatoms. The number of aromatic nitrogens is 2. The Kier molecular flexibility index (Phi) is 4.93. The normalized spacial score (nSPS) is 13.1. The number of rotatable bonds is 5. The Hall–Kier alpha value is -3.60. The number of hydrogen-bond donors (Lipinski definition) is 2. The van der Waals surface area contributed by atoms with Crippen molar-refractivity contribution in [3.05, 3.63) is 89.4 Å². The van der Waals surface area contributed by atoms with Crippen molar-refractivity contribution in [1.82, 2.24) is 9.97 Å². The van der Waals surface area contributed by atoms with Gasteiger partial charge in [-0.1, -0.05) is 12.1 Å². The van der Waals surface area contributed by atoms with E-state index in [9.17, 15) is 4.79 Å². The summed E-state index contributed by atoms with van der Waals surface area (Å²) in [7, 11) is 0. The number of carbonyl (C=O) groups excluding carboxylic acids is 1. The fourth-order valence-electron chi connectivity index (χ4n) is 4.06. The van der Waals surface area contributed by atoms with E-state index in [1.165, 1.54) is 29.5 Å². The van der Waals surface area contributed by atoms with E-state index in [4.69, 9.17) is 4.74 Å². The van der Waals surface area contributed by atoms with Crippen molar-refractivity contribution in [3.63, 3.8) is 0 Å². The summed E-state index contributed by atoms with van der Waals surface area (Å²) in [4.78, 5) is 20.5. The Morgan fingerprint density at radius 2 is 2.00 bits per heavy atom. The molecule has 0 saturated carbocycles. The topological polar surface area (TPSA) is 67.0 Å². The average Bonchev–Trinajstić information content (AvgIpc) is 3.16. The maximum atomic E-state index is 12.9. The minimum atomic E-state index is -0.118. The van der Waals surface area contributed by atoms with Gasteiger partial charge in [-0.25, -0.2) is 0 Å². The van der Waals surface area contributed by atoms with Crippen LogP contribution >= 0.6 is 0 Å². The van der Waals surface area contributed by atoms with Crippen LogP contribution in [-0.4, -0.2) is 15.9 Å². The van der Waals surface area contributed by atoms with Crippen molar-refractivity contribution in [2.75, 3.05) is 5.32 Å². The fraction of sp³-hybridized carbons (Fsp3) is 0.200. The van der Waals surface area contributed by atoms with E-state index in [1.807, 2.05) is 54.6 Å². The number of hydrogen-bond acceptors (Lipinski definition) is 3. The van der Waals surface area contributed by atoms with Gasteiger partial charge in [0.25, 0.3) is 5.91 Å². The van der Waals surface area contributed by atoms with Gasteiger partial charge in [-0.2, -0.15) is 0 Å². The Morgan fingerprint density at radius 1 is 1.07 bits per heavy atom. The third-order valence-electron chi connectivity index (χ3n) is 5.58. The predicted molar refractivity (Wildman–Crippen MR) is 118 cm³/mol. The molecule has 5 nitrogen and oxygen atoms in total. The molecule has 0 aliphatic heterocycles. The summed E-state index contributed by atoms with van der Waals surface area (Å²) in [5, 5.41) is 4.16. The monoisotopic (exact) mass is 397 g/mol. The molecule has 2 N–H and O–H groups in total. The molecule has 30 heavy (non-hydrogen) atoms. The number of H-pyrrole nitrogens is 1. The van der Waals surface area contributed by atoms with Crippen molar-refractivity contribution < 1.29 is 9.53 Å². The van der Waals surface area contributed by atoms with Gasteiger partial charge in [0.15, 0.2) is 0 Å². The van der Waals surface area contributed by atoms with E-state index in [1.54, 1.807) is 12.4 Å². The van der Waals surface area contributed by atoms with Gasteiger partial charge in [0.1, 0.15) is 12.4 Å². The van der Waals surface area contributed by atoms with E-state index in [0.717, 1.165) is 23.9 Å². The molecule has 150 valence electrons. The number of aryl methyl sites for hydroxylation is 2. The molecule has 0 radical (unpaired) electrons. The van der Waals surface area contributed by atoms with Gasteiger partial charge in [0.2, 0.25) is 0 Å². The highest BCUT2D eigenvalue weighted by Gasteiger charge is 2.17. The number of carbonyl (C=O) groups is 1. The first-order chi connectivity index (χ1) is 14.8. The number of anilines is 1. The van der Waals surface area contributed by atoms with Crippen LogP contribution in [0.15, 0.2) is 67.0 Å². The molecular formula is C25H23N3O2. The van der Waals surface area contributed by atoms with E-state index in [-0.39, 0.29) is 5.91 Å². The second kappa shape index (κ2) is 8.03. The van der Waals surface area contributed by atoms with Crippen LogP contribution in [-0.2, 0) is 19.4 Å². The first kappa shape index (κ1) is 18.4. The lowest BCUT2D eigenvalue weighted by atomic mass is 9.95. The molecule has 4 aromatic rings.